The van der Waals surface area contributed by atoms with Gasteiger partial charge in [0.25, 0.3) is 0 Å². The van der Waals surface area contributed by atoms with Crippen molar-refractivity contribution in [1.29, 1.82) is 0 Å². The van der Waals surface area contributed by atoms with Gasteiger partial charge in [-0.1, -0.05) is 0 Å². The molecule has 0 bridgehead atoms. The first-order chi connectivity index (χ1) is 8.96. The van der Waals surface area contributed by atoms with Gasteiger partial charge in [0, 0.05) is 11.8 Å². The summed E-state index contributed by atoms with van der Waals surface area (Å²) in [5.74, 6) is 1.54. The van der Waals surface area contributed by atoms with Gasteiger partial charge in [-0.3, -0.25) is 4.90 Å². The van der Waals surface area contributed by atoms with Crippen molar-refractivity contribution < 1.29 is 9.47 Å². The third-order valence-electron chi connectivity index (χ3n) is 3.17. The second-order valence-electron chi connectivity index (χ2n) is 5.31. The minimum atomic E-state index is -0.117. The van der Waals surface area contributed by atoms with Crippen molar-refractivity contribution in [3.63, 3.8) is 0 Å². The van der Waals surface area contributed by atoms with Gasteiger partial charge in [-0.05, 0) is 51.2 Å². The summed E-state index contributed by atoms with van der Waals surface area (Å²) in [4.78, 5) is 2.00. The van der Waals surface area contributed by atoms with Gasteiger partial charge < -0.3 is 14.8 Å². The average molecular weight is 276 g/mol. The Balaban J connectivity index is 2.00. The SMILES string of the molecule is CC1=CC(C)(C)NC(=S)N1c1ccc2c(c1)OCO2. The van der Waals surface area contributed by atoms with Crippen LogP contribution in [0.1, 0.15) is 20.8 Å². The van der Waals surface area contributed by atoms with Gasteiger partial charge in [0.2, 0.25) is 6.79 Å². The molecule has 4 nitrogen and oxygen atoms in total. The highest BCUT2D eigenvalue weighted by Crippen LogP contribution is 2.37. The number of thiocarbonyl (C=S) groups is 1. The van der Waals surface area contributed by atoms with E-state index < -0.39 is 0 Å². The molecule has 5 heteroatoms. The molecule has 0 amide bonds. The van der Waals surface area contributed by atoms with Crippen LogP contribution < -0.4 is 19.7 Å². The lowest BCUT2D eigenvalue weighted by Crippen LogP contribution is -2.53. The van der Waals surface area contributed by atoms with E-state index in [0.717, 1.165) is 22.9 Å². The fourth-order valence-electron chi connectivity index (χ4n) is 2.46. The van der Waals surface area contributed by atoms with Gasteiger partial charge in [-0.15, -0.1) is 0 Å². The monoisotopic (exact) mass is 276 g/mol. The molecule has 0 fully saturated rings. The molecule has 100 valence electrons. The molecule has 0 saturated heterocycles. The number of hydrogen-bond acceptors (Lipinski definition) is 3. The minimum Gasteiger partial charge on any atom is -0.454 e. The average Bonchev–Trinajstić information content (AvgIpc) is 2.73. The third kappa shape index (κ3) is 2.14. The van der Waals surface area contributed by atoms with Crippen LogP contribution in [0.3, 0.4) is 0 Å². The van der Waals surface area contributed by atoms with E-state index in [2.05, 4.69) is 32.2 Å². The maximum Gasteiger partial charge on any atom is 0.231 e. The Morgan fingerprint density at radius 3 is 2.74 bits per heavy atom. The molecule has 0 atom stereocenters. The van der Waals surface area contributed by atoms with Gasteiger partial charge in [-0.25, -0.2) is 0 Å². The Morgan fingerprint density at radius 2 is 2.00 bits per heavy atom. The van der Waals surface area contributed by atoms with Crippen LogP contribution in [0.5, 0.6) is 11.5 Å². The van der Waals surface area contributed by atoms with E-state index in [9.17, 15) is 0 Å². The highest BCUT2D eigenvalue weighted by atomic mass is 32.1. The number of benzene rings is 1. The third-order valence-corrected chi connectivity index (χ3v) is 3.45. The summed E-state index contributed by atoms with van der Waals surface area (Å²) in [7, 11) is 0. The van der Waals surface area contributed by atoms with E-state index in [-0.39, 0.29) is 12.3 Å². The molecule has 0 saturated carbocycles. The summed E-state index contributed by atoms with van der Waals surface area (Å²) < 4.78 is 10.7. The van der Waals surface area contributed by atoms with E-state index in [0.29, 0.717) is 5.11 Å². The Morgan fingerprint density at radius 1 is 1.26 bits per heavy atom. The van der Waals surface area contributed by atoms with Crippen molar-refractivity contribution in [2.45, 2.75) is 26.3 Å². The summed E-state index contributed by atoms with van der Waals surface area (Å²) in [5.41, 5.74) is 1.96. The van der Waals surface area contributed by atoms with E-state index in [1.807, 2.05) is 23.1 Å². The first-order valence-corrected chi connectivity index (χ1v) is 6.58. The second kappa shape index (κ2) is 4.13. The molecular formula is C14H16N2O2S. The maximum absolute atomic E-state index is 5.47. The highest BCUT2D eigenvalue weighted by molar-refractivity contribution is 7.80. The first-order valence-electron chi connectivity index (χ1n) is 6.18. The largest absolute Gasteiger partial charge is 0.454 e. The molecule has 2 aliphatic rings. The van der Waals surface area contributed by atoms with Gasteiger partial charge in [0.05, 0.1) is 11.2 Å². The van der Waals surface area contributed by atoms with E-state index in [1.54, 1.807) is 0 Å². The van der Waals surface area contributed by atoms with Crippen LogP contribution in [-0.4, -0.2) is 17.4 Å². The van der Waals surface area contributed by atoms with Crippen molar-refractivity contribution in [2.24, 2.45) is 0 Å². The maximum atomic E-state index is 5.47. The number of fused-ring (bicyclic) bond motifs is 1. The Labute approximate surface area is 118 Å². The zero-order valence-electron chi connectivity index (χ0n) is 11.2. The number of rotatable bonds is 1. The molecule has 2 aliphatic heterocycles. The normalized spacial score (nSPS) is 20.1. The second-order valence-corrected chi connectivity index (χ2v) is 5.70. The topological polar surface area (TPSA) is 33.7 Å². The highest BCUT2D eigenvalue weighted by Gasteiger charge is 2.28. The Bertz CT molecular complexity index is 581. The quantitative estimate of drug-likeness (QED) is 0.798. The smallest absolute Gasteiger partial charge is 0.231 e. The van der Waals surface area contributed by atoms with E-state index in [1.165, 1.54) is 0 Å². The molecule has 0 aliphatic carbocycles. The molecule has 1 aromatic rings. The van der Waals surface area contributed by atoms with Crippen molar-refractivity contribution in [3.8, 4) is 11.5 Å². The fraction of sp³-hybridized carbons (Fsp3) is 0.357. The molecule has 3 rings (SSSR count). The number of ether oxygens (including phenoxy) is 2. The van der Waals surface area contributed by atoms with Crippen LogP contribution in [0.2, 0.25) is 0 Å². The van der Waals surface area contributed by atoms with E-state index in [4.69, 9.17) is 21.7 Å². The number of nitrogens with one attached hydrogen (secondary N) is 1. The zero-order valence-corrected chi connectivity index (χ0v) is 12.0. The predicted octanol–water partition coefficient (Wildman–Crippen LogP) is 2.79. The van der Waals surface area contributed by atoms with Crippen LogP contribution >= 0.6 is 12.2 Å². The van der Waals surface area contributed by atoms with Crippen molar-refractivity contribution in [3.05, 3.63) is 30.0 Å². The molecule has 0 radical (unpaired) electrons. The van der Waals surface area contributed by atoms with Crippen molar-refractivity contribution >= 4 is 23.0 Å². The van der Waals surface area contributed by atoms with Crippen molar-refractivity contribution in [2.75, 3.05) is 11.7 Å². The van der Waals surface area contributed by atoms with Gasteiger partial charge in [-0.2, -0.15) is 0 Å². The first kappa shape index (κ1) is 12.3. The summed E-state index contributed by atoms with van der Waals surface area (Å²) >= 11 is 5.47. The summed E-state index contributed by atoms with van der Waals surface area (Å²) in [6, 6.07) is 5.84. The number of allylic oxidation sites excluding steroid dienone is 1. The molecule has 19 heavy (non-hydrogen) atoms. The lowest BCUT2D eigenvalue weighted by molar-refractivity contribution is 0.174. The van der Waals surface area contributed by atoms with Crippen molar-refractivity contribution in [1.82, 2.24) is 5.32 Å². The van der Waals surface area contributed by atoms with Crippen LogP contribution in [0.15, 0.2) is 30.0 Å². The van der Waals surface area contributed by atoms with Crippen LogP contribution in [0.25, 0.3) is 0 Å². The summed E-state index contributed by atoms with van der Waals surface area (Å²) in [6.45, 7) is 6.53. The molecule has 1 N–H and O–H groups in total. The molecule has 0 spiro atoms. The van der Waals surface area contributed by atoms with E-state index >= 15 is 0 Å². The lowest BCUT2D eigenvalue weighted by atomic mass is 10.0. The number of hydrogen-bond donors (Lipinski definition) is 1. The Hall–Kier alpha value is -1.75. The van der Waals surface area contributed by atoms with Crippen LogP contribution in [0, 0.1) is 0 Å². The van der Waals surface area contributed by atoms with Gasteiger partial charge in [0.15, 0.2) is 16.6 Å². The minimum absolute atomic E-state index is 0.117. The van der Waals surface area contributed by atoms with Crippen LogP contribution in [0.4, 0.5) is 5.69 Å². The predicted molar refractivity (Wildman–Crippen MR) is 78.6 cm³/mol. The molecular weight excluding hydrogens is 260 g/mol. The summed E-state index contributed by atoms with van der Waals surface area (Å²) in [5, 5.41) is 4.01. The molecule has 0 aromatic heterocycles. The standard InChI is InChI=1S/C14H16N2O2S/c1-9-7-14(2,3)15-13(19)16(9)10-4-5-11-12(6-10)18-8-17-11/h4-7H,8H2,1-3H3,(H,15,19). The Kier molecular flexibility index (Phi) is 2.67. The summed E-state index contributed by atoms with van der Waals surface area (Å²) in [6.07, 6.45) is 2.16. The fourth-order valence-corrected chi connectivity index (χ4v) is 2.97. The number of nitrogens with zero attached hydrogens (tertiary/aromatic N) is 1. The molecule has 0 unspecified atom stereocenters. The lowest BCUT2D eigenvalue weighted by Gasteiger charge is -2.38. The number of anilines is 1. The van der Waals surface area contributed by atoms with Gasteiger partial charge in [0.1, 0.15) is 0 Å². The molecule has 1 aromatic carbocycles. The van der Waals surface area contributed by atoms with Crippen LogP contribution in [-0.2, 0) is 0 Å². The zero-order chi connectivity index (χ0) is 13.6. The van der Waals surface area contributed by atoms with Gasteiger partial charge >= 0.3 is 0 Å². The molecule has 2 heterocycles.